The normalized spacial score (nSPS) is 40.2. The van der Waals surface area contributed by atoms with Crippen molar-refractivity contribution in [3.63, 3.8) is 0 Å². The number of hydrogen-bond donors (Lipinski definition) is 0. The Hall–Kier alpha value is -1.21. The van der Waals surface area contributed by atoms with Crippen molar-refractivity contribution >= 4 is 40.1 Å². The molecule has 2 bridgehead atoms. The van der Waals surface area contributed by atoms with Crippen molar-refractivity contribution < 1.29 is 14.3 Å². The van der Waals surface area contributed by atoms with Crippen molar-refractivity contribution in [3.05, 3.63) is 40.0 Å². The van der Waals surface area contributed by atoms with Gasteiger partial charge in [0.15, 0.2) is 0 Å². The predicted molar refractivity (Wildman–Crippen MR) is 85.7 cm³/mol. The number of halogens is 1. The molecule has 0 aromatic heterocycles. The lowest BCUT2D eigenvalue weighted by atomic mass is 9.73. The van der Waals surface area contributed by atoms with E-state index in [9.17, 15) is 9.59 Å². The van der Waals surface area contributed by atoms with Crippen LogP contribution in [0.1, 0.15) is 13.8 Å². The summed E-state index contributed by atoms with van der Waals surface area (Å²) in [5, 5.41) is 0. The summed E-state index contributed by atoms with van der Waals surface area (Å²) in [5.41, 5.74) is -0.677. The van der Waals surface area contributed by atoms with Gasteiger partial charge < -0.3 is 4.74 Å². The van der Waals surface area contributed by atoms with Crippen LogP contribution in [0.5, 0.6) is 0 Å². The summed E-state index contributed by atoms with van der Waals surface area (Å²) < 4.78 is 6.98. The van der Waals surface area contributed by atoms with Crippen LogP contribution >= 0.6 is 22.6 Å². The standard InChI is InChI=1S/C16H14INO3/c1-15-6-7-16(2,21-15)12-11(15)13(19)18(14(12)20)10-5-3-4-9(17)8-10/h3-8,11-12H,1-2H3/t11-,12+,15+,16-. The third-order valence-corrected chi connectivity index (χ3v) is 5.46. The van der Waals surface area contributed by atoms with Crippen LogP contribution in [0.25, 0.3) is 0 Å². The molecule has 4 atom stereocenters. The van der Waals surface area contributed by atoms with Gasteiger partial charge in [-0.05, 0) is 54.6 Å². The van der Waals surface area contributed by atoms with Gasteiger partial charge in [0, 0.05) is 3.57 Å². The number of benzene rings is 1. The molecule has 3 aliphatic rings. The second kappa shape index (κ2) is 3.95. The Morgan fingerprint density at radius 1 is 1.10 bits per heavy atom. The number of hydrogen-bond acceptors (Lipinski definition) is 3. The molecule has 0 N–H and O–H groups in total. The Morgan fingerprint density at radius 3 is 2.19 bits per heavy atom. The van der Waals surface area contributed by atoms with Gasteiger partial charge in [-0.25, -0.2) is 4.90 Å². The van der Waals surface area contributed by atoms with E-state index in [4.69, 9.17) is 4.74 Å². The molecule has 4 nitrogen and oxygen atoms in total. The largest absolute Gasteiger partial charge is 0.359 e. The third-order valence-electron chi connectivity index (χ3n) is 4.79. The molecule has 0 radical (unpaired) electrons. The van der Waals surface area contributed by atoms with Crippen molar-refractivity contribution in [1.29, 1.82) is 0 Å². The van der Waals surface area contributed by atoms with E-state index in [1.807, 2.05) is 44.2 Å². The fraction of sp³-hybridized carbons (Fsp3) is 0.375. The van der Waals surface area contributed by atoms with E-state index >= 15 is 0 Å². The number of carbonyl (C=O) groups is 2. The zero-order valence-electron chi connectivity index (χ0n) is 11.7. The van der Waals surface area contributed by atoms with E-state index < -0.39 is 23.0 Å². The van der Waals surface area contributed by atoms with Gasteiger partial charge in [0.2, 0.25) is 11.8 Å². The molecule has 0 saturated carbocycles. The summed E-state index contributed by atoms with van der Waals surface area (Å²) >= 11 is 2.18. The topological polar surface area (TPSA) is 46.6 Å². The molecule has 1 aromatic rings. The van der Waals surface area contributed by atoms with E-state index in [0.717, 1.165) is 3.57 Å². The molecule has 108 valence electrons. The number of anilines is 1. The van der Waals surface area contributed by atoms with Crippen molar-refractivity contribution in [2.24, 2.45) is 11.8 Å². The van der Waals surface area contributed by atoms with Gasteiger partial charge >= 0.3 is 0 Å². The highest BCUT2D eigenvalue weighted by Gasteiger charge is 2.70. The maximum Gasteiger partial charge on any atom is 0.241 e. The van der Waals surface area contributed by atoms with Crippen molar-refractivity contribution in [3.8, 4) is 0 Å². The summed E-state index contributed by atoms with van der Waals surface area (Å²) in [6, 6.07) is 7.46. The van der Waals surface area contributed by atoms with Gasteiger partial charge in [-0.2, -0.15) is 0 Å². The van der Waals surface area contributed by atoms with E-state index in [-0.39, 0.29) is 11.8 Å². The maximum atomic E-state index is 12.8. The minimum atomic E-state index is -0.664. The number of imide groups is 1. The van der Waals surface area contributed by atoms with Crippen molar-refractivity contribution in [2.75, 3.05) is 4.90 Å². The maximum absolute atomic E-state index is 12.8. The Bertz CT molecular complexity index is 679. The number of nitrogens with zero attached hydrogens (tertiary/aromatic N) is 1. The highest BCUT2D eigenvalue weighted by molar-refractivity contribution is 14.1. The van der Waals surface area contributed by atoms with Gasteiger partial charge in [0.1, 0.15) is 0 Å². The van der Waals surface area contributed by atoms with E-state index in [2.05, 4.69) is 22.6 Å². The smallest absolute Gasteiger partial charge is 0.241 e. The van der Waals surface area contributed by atoms with Crippen LogP contribution < -0.4 is 4.90 Å². The van der Waals surface area contributed by atoms with Crippen LogP contribution in [0.2, 0.25) is 0 Å². The third kappa shape index (κ3) is 1.59. The summed E-state index contributed by atoms with van der Waals surface area (Å²) in [4.78, 5) is 27.0. The average Bonchev–Trinajstić information content (AvgIpc) is 2.95. The molecule has 0 aliphatic carbocycles. The number of amides is 2. The molecule has 3 heterocycles. The van der Waals surface area contributed by atoms with Crippen molar-refractivity contribution in [2.45, 2.75) is 25.0 Å². The second-order valence-corrected chi connectivity index (χ2v) is 7.50. The van der Waals surface area contributed by atoms with Gasteiger partial charge in [0.25, 0.3) is 0 Å². The van der Waals surface area contributed by atoms with Gasteiger partial charge in [0.05, 0.1) is 28.7 Å². The fourth-order valence-corrected chi connectivity index (χ4v) is 4.43. The van der Waals surface area contributed by atoms with Crippen LogP contribution in [0, 0.1) is 15.4 Å². The molecule has 21 heavy (non-hydrogen) atoms. The molecule has 2 saturated heterocycles. The first kappa shape index (κ1) is 13.5. The molecule has 0 spiro atoms. The minimum Gasteiger partial charge on any atom is -0.359 e. The van der Waals surface area contributed by atoms with Crippen LogP contribution in [-0.2, 0) is 14.3 Å². The molecule has 3 aliphatic heterocycles. The predicted octanol–water partition coefficient (Wildman–Crippen LogP) is 2.51. The summed E-state index contributed by atoms with van der Waals surface area (Å²) in [6.07, 6.45) is 3.86. The van der Waals surface area contributed by atoms with E-state index in [1.54, 1.807) is 6.07 Å². The van der Waals surface area contributed by atoms with Crippen LogP contribution in [0.4, 0.5) is 5.69 Å². The lowest BCUT2D eigenvalue weighted by Crippen LogP contribution is -2.39. The summed E-state index contributed by atoms with van der Waals surface area (Å²) in [5.74, 6) is -1.14. The molecular formula is C16H14INO3. The number of rotatable bonds is 1. The molecule has 2 fully saturated rings. The number of ether oxygens (including phenoxy) is 1. The lowest BCUT2D eigenvalue weighted by Gasteiger charge is -2.25. The summed E-state index contributed by atoms with van der Waals surface area (Å²) in [7, 11) is 0. The first-order chi connectivity index (χ1) is 9.86. The Balaban J connectivity index is 1.82. The van der Waals surface area contributed by atoms with Crippen molar-refractivity contribution in [1.82, 2.24) is 0 Å². The Kier molecular flexibility index (Phi) is 2.53. The molecule has 4 rings (SSSR count). The Morgan fingerprint density at radius 2 is 1.67 bits per heavy atom. The summed E-state index contributed by atoms with van der Waals surface area (Å²) in [6.45, 7) is 3.78. The fourth-order valence-electron chi connectivity index (χ4n) is 3.90. The highest BCUT2D eigenvalue weighted by Crippen LogP contribution is 2.57. The minimum absolute atomic E-state index is 0.150. The van der Waals surface area contributed by atoms with Crippen LogP contribution in [-0.4, -0.2) is 23.0 Å². The first-order valence-electron chi connectivity index (χ1n) is 6.90. The Labute approximate surface area is 136 Å². The SMILES string of the molecule is C[C@]12C=C[C@](C)(O1)[C@H]1C(=O)N(c3cccc(I)c3)C(=O)[C@H]12. The van der Waals surface area contributed by atoms with Gasteiger partial charge in [-0.15, -0.1) is 0 Å². The highest BCUT2D eigenvalue weighted by atomic mass is 127. The quantitative estimate of drug-likeness (QED) is 0.417. The zero-order chi connectivity index (χ0) is 15.0. The molecule has 0 unspecified atom stereocenters. The van der Waals surface area contributed by atoms with Crippen LogP contribution in [0.3, 0.4) is 0 Å². The van der Waals surface area contributed by atoms with E-state index in [0.29, 0.717) is 5.69 Å². The van der Waals surface area contributed by atoms with Crippen LogP contribution in [0.15, 0.2) is 36.4 Å². The zero-order valence-corrected chi connectivity index (χ0v) is 13.8. The molecule has 2 amide bonds. The van der Waals surface area contributed by atoms with Gasteiger partial charge in [-0.1, -0.05) is 18.2 Å². The average molecular weight is 395 g/mol. The molecule has 5 heteroatoms. The number of carbonyl (C=O) groups excluding carboxylic acids is 2. The second-order valence-electron chi connectivity index (χ2n) is 6.25. The van der Waals surface area contributed by atoms with E-state index in [1.165, 1.54) is 4.90 Å². The molecular weight excluding hydrogens is 381 g/mol. The first-order valence-corrected chi connectivity index (χ1v) is 7.98. The monoisotopic (exact) mass is 395 g/mol. The van der Waals surface area contributed by atoms with Gasteiger partial charge in [-0.3, -0.25) is 9.59 Å². The lowest BCUT2D eigenvalue weighted by molar-refractivity contribution is -0.128. The molecule has 1 aromatic carbocycles. The number of fused-ring (bicyclic) bond motifs is 5.